The third-order valence-electron chi connectivity index (χ3n) is 2.19. The molecule has 1 aliphatic heterocycles. The Morgan fingerprint density at radius 1 is 1.27 bits per heavy atom. The van der Waals surface area contributed by atoms with E-state index >= 15 is 0 Å². The summed E-state index contributed by atoms with van der Waals surface area (Å²) in [5.41, 5.74) is 1.65. The van der Waals surface area contributed by atoms with Crippen molar-refractivity contribution in [2.24, 2.45) is 4.99 Å². The number of nitrogens with one attached hydrogen (secondary N) is 1. The van der Waals surface area contributed by atoms with Gasteiger partial charge in [0.05, 0.1) is 11.6 Å². The number of hydrogen-bond donors (Lipinski definition) is 1. The van der Waals surface area contributed by atoms with E-state index < -0.39 is 0 Å². The van der Waals surface area contributed by atoms with E-state index in [0.29, 0.717) is 5.56 Å². The van der Waals surface area contributed by atoms with Crippen LogP contribution in [0.3, 0.4) is 0 Å². The van der Waals surface area contributed by atoms with Crippen molar-refractivity contribution in [2.75, 3.05) is 5.32 Å². The van der Waals surface area contributed by atoms with Crippen molar-refractivity contribution in [1.82, 2.24) is 0 Å². The lowest BCUT2D eigenvalue weighted by Crippen LogP contribution is -2.12. The summed E-state index contributed by atoms with van der Waals surface area (Å²) in [6.07, 6.45) is 5.83. The Hall–Kier alpha value is -2.08. The number of hydrogen-bond acceptors (Lipinski definition) is 3. The van der Waals surface area contributed by atoms with E-state index in [1.165, 1.54) is 0 Å². The second-order valence-corrected chi connectivity index (χ2v) is 3.31. The maximum absolute atomic E-state index is 8.65. The van der Waals surface area contributed by atoms with Gasteiger partial charge in [0.15, 0.2) is 0 Å². The van der Waals surface area contributed by atoms with Gasteiger partial charge in [0.2, 0.25) is 0 Å². The molecule has 3 nitrogen and oxygen atoms in total. The third-order valence-corrected chi connectivity index (χ3v) is 2.19. The molecule has 0 fully saturated rings. The highest BCUT2D eigenvalue weighted by atomic mass is 15.0. The SMILES string of the molecule is N#Cc1ccc(NC2=NC=CCC2)cc1. The molecule has 1 heterocycles. The first-order valence-electron chi connectivity index (χ1n) is 4.87. The number of rotatable bonds is 1. The maximum atomic E-state index is 8.65. The van der Waals surface area contributed by atoms with Crippen LogP contribution < -0.4 is 5.32 Å². The Kier molecular flexibility index (Phi) is 2.80. The summed E-state index contributed by atoms with van der Waals surface area (Å²) in [4.78, 5) is 4.23. The van der Waals surface area contributed by atoms with Crippen molar-refractivity contribution in [3.8, 4) is 6.07 Å². The van der Waals surface area contributed by atoms with Crippen LogP contribution in [0.4, 0.5) is 5.69 Å². The van der Waals surface area contributed by atoms with Gasteiger partial charge in [0.25, 0.3) is 0 Å². The van der Waals surface area contributed by atoms with E-state index in [1.54, 1.807) is 12.1 Å². The number of nitrogens with zero attached hydrogens (tertiary/aromatic N) is 2. The van der Waals surface area contributed by atoms with Crippen LogP contribution in [0.5, 0.6) is 0 Å². The average molecular weight is 197 g/mol. The fourth-order valence-electron chi connectivity index (χ4n) is 1.39. The molecule has 74 valence electrons. The van der Waals surface area contributed by atoms with E-state index in [9.17, 15) is 0 Å². The fourth-order valence-corrected chi connectivity index (χ4v) is 1.39. The Bertz CT molecular complexity index is 435. The molecular weight excluding hydrogens is 186 g/mol. The molecule has 0 aromatic heterocycles. The fraction of sp³-hybridized carbons (Fsp3) is 0.167. The van der Waals surface area contributed by atoms with Crippen LogP contribution in [0.15, 0.2) is 41.5 Å². The summed E-state index contributed by atoms with van der Waals surface area (Å²) >= 11 is 0. The van der Waals surface area contributed by atoms with Crippen LogP contribution >= 0.6 is 0 Å². The summed E-state index contributed by atoms with van der Waals surface area (Å²) in [7, 11) is 0. The first-order chi connectivity index (χ1) is 7.38. The van der Waals surface area contributed by atoms with Gasteiger partial charge in [-0.3, -0.25) is 0 Å². The third kappa shape index (κ3) is 2.44. The first kappa shape index (κ1) is 9.47. The van der Waals surface area contributed by atoms with Gasteiger partial charge in [-0.15, -0.1) is 0 Å². The van der Waals surface area contributed by atoms with Gasteiger partial charge in [-0.05, 0) is 30.7 Å². The van der Waals surface area contributed by atoms with Crippen molar-refractivity contribution >= 4 is 11.5 Å². The van der Waals surface area contributed by atoms with Crippen molar-refractivity contribution in [3.05, 3.63) is 42.1 Å². The quantitative estimate of drug-likeness (QED) is 0.752. The standard InChI is InChI=1S/C12H11N3/c13-9-10-4-6-11(7-5-10)15-12-3-1-2-8-14-12/h2,4-8H,1,3H2,(H,14,15). The van der Waals surface area contributed by atoms with Crippen LogP contribution in [-0.2, 0) is 0 Å². The van der Waals surface area contributed by atoms with Crippen LogP contribution in [0, 0.1) is 11.3 Å². The van der Waals surface area contributed by atoms with E-state index in [0.717, 1.165) is 24.4 Å². The lowest BCUT2D eigenvalue weighted by molar-refractivity contribution is 1.05. The van der Waals surface area contributed by atoms with Crippen molar-refractivity contribution in [2.45, 2.75) is 12.8 Å². The summed E-state index contributed by atoms with van der Waals surface area (Å²) in [5, 5.41) is 11.9. The molecule has 0 aliphatic carbocycles. The molecular formula is C12H11N3. The van der Waals surface area contributed by atoms with Gasteiger partial charge in [-0.25, -0.2) is 4.99 Å². The predicted octanol–water partition coefficient (Wildman–Crippen LogP) is 2.68. The Labute approximate surface area is 88.8 Å². The van der Waals surface area contributed by atoms with E-state index in [1.807, 2.05) is 24.4 Å². The number of allylic oxidation sites excluding steroid dienone is 1. The lowest BCUT2D eigenvalue weighted by Gasteiger charge is -2.10. The van der Waals surface area contributed by atoms with Gasteiger partial charge in [-0.2, -0.15) is 5.26 Å². The molecule has 3 heteroatoms. The molecule has 0 spiro atoms. The highest BCUT2D eigenvalue weighted by Gasteiger charge is 2.01. The molecule has 0 radical (unpaired) electrons. The number of nitriles is 1. The molecule has 0 saturated carbocycles. The highest BCUT2D eigenvalue weighted by Crippen LogP contribution is 2.11. The van der Waals surface area contributed by atoms with E-state index in [-0.39, 0.29) is 0 Å². The topological polar surface area (TPSA) is 48.2 Å². The summed E-state index contributed by atoms with van der Waals surface area (Å²) < 4.78 is 0. The largest absolute Gasteiger partial charge is 0.344 e. The van der Waals surface area contributed by atoms with Crippen LogP contribution in [0.25, 0.3) is 0 Å². The van der Waals surface area contributed by atoms with E-state index in [2.05, 4.69) is 16.4 Å². The van der Waals surface area contributed by atoms with Crippen LogP contribution in [-0.4, -0.2) is 5.84 Å². The molecule has 0 atom stereocenters. The Morgan fingerprint density at radius 3 is 2.67 bits per heavy atom. The maximum Gasteiger partial charge on any atom is 0.106 e. The number of amidine groups is 1. The molecule has 0 bridgehead atoms. The van der Waals surface area contributed by atoms with Gasteiger partial charge in [0, 0.05) is 18.3 Å². The number of benzene rings is 1. The molecule has 1 aromatic rings. The molecule has 0 amide bonds. The molecule has 1 aromatic carbocycles. The minimum Gasteiger partial charge on any atom is -0.344 e. The second kappa shape index (κ2) is 4.43. The highest BCUT2D eigenvalue weighted by molar-refractivity contribution is 5.96. The average Bonchev–Trinajstić information content (AvgIpc) is 2.31. The number of aliphatic imine (C=N–C) groups is 1. The van der Waals surface area contributed by atoms with Gasteiger partial charge < -0.3 is 5.32 Å². The molecule has 1 aliphatic rings. The zero-order chi connectivity index (χ0) is 10.5. The monoisotopic (exact) mass is 197 g/mol. The molecule has 0 saturated heterocycles. The zero-order valence-corrected chi connectivity index (χ0v) is 8.27. The van der Waals surface area contributed by atoms with Crippen molar-refractivity contribution in [1.29, 1.82) is 5.26 Å². The normalized spacial score (nSPS) is 14.2. The van der Waals surface area contributed by atoms with Gasteiger partial charge in [0.1, 0.15) is 5.84 Å². The zero-order valence-electron chi connectivity index (χ0n) is 8.27. The minimum atomic E-state index is 0.672. The van der Waals surface area contributed by atoms with Gasteiger partial charge in [-0.1, -0.05) is 6.08 Å². The first-order valence-corrected chi connectivity index (χ1v) is 4.87. The Balaban J connectivity index is 2.08. The van der Waals surface area contributed by atoms with Gasteiger partial charge >= 0.3 is 0 Å². The Morgan fingerprint density at radius 2 is 2.07 bits per heavy atom. The minimum absolute atomic E-state index is 0.672. The molecule has 2 rings (SSSR count). The molecule has 1 N–H and O–H groups in total. The number of anilines is 1. The molecule has 0 unspecified atom stereocenters. The van der Waals surface area contributed by atoms with E-state index in [4.69, 9.17) is 5.26 Å². The van der Waals surface area contributed by atoms with Crippen molar-refractivity contribution in [3.63, 3.8) is 0 Å². The summed E-state index contributed by atoms with van der Waals surface area (Å²) in [5.74, 6) is 0.974. The van der Waals surface area contributed by atoms with Crippen molar-refractivity contribution < 1.29 is 0 Å². The van der Waals surface area contributed by atoms with Crippen LogP contribution in [0.2, 0.25) is 0 Å². The summed E-state index contributed by atoms with van der Waals surface area (Å²) in [6, 6.07) is 9.45. The lowest BCUT2D eigenvalue weighted by atomic mass is 10.2. The smallest absolute Gasteiger partial charge is 0.106 e. The predicted molar refractivity (Wildman–Crippen MR) is 60.6 cm³/mol. The summed E-state index contributed by atoms with van der Waals surface area (Å²) in [6.45, 7) is 0. The molecule has 15 heavy (non-hydrogen) atoms. The second-order valence-electron chi connectivity index (χ2n) is 3.31. The van der Waals surface area contributed by atoms with Crippen LogP contribution in [0.1, 0.15) is 18.4 Å².